The maximum atomic E-state index is 13.4. The Morgan fingerprint density at radius 2 is 1.68 bits per heavy atom. The number of aliphatic hydroxyl groups is 1. The second kappa shape index (κ2) is 10.1. The van der Waals surface area contributed by atoms with Gasteiger partial charge in [0.05, 0.1) is 39.5 Å². The SMILES string of the molecule is COc1cc(CN2CC3(CN(S(=O)(=O)c4cccs4)C3)c3c(n(C)c4cc(OC)ccc34)[C@H]2CO)cc(OC)c1. The van der Waals surface area contributed by atoms with E-state index in [0.29, 0.717) is 41.9 Å². The van der Waals surface area contributed by atoms with Crippen molar-refractivity contribution in [2.24, 2.45) is 7.05 Å². The van der Waals surface area contributed by atoms with Gasteiger partial charge in [0.2, 0.25) is 0 Å². The van der Waals surface area contributed by atoms with E-state index in [4.69, 9.17) is 14.2 Å². The highest BCUT2D eigenvalue weighted by molar-refractivity contribution is 7.91. The Balaban J connectivity index is 1.47. The van der Waals surface area contributed by atoms with E-state index < -0.39 is 15.4 Å². The van der Waals surface area contributed by atoms with Crippen molar-refractivity contribution in [3.05, 3.63) is 70.7 Å². The molecular weight excluding hydrogens is 550 g/mol. The molecule has 11 heteroatoms. The lowest BCUT2D eigenvalue weighted by atomic mass is 9.70. The zero-order valence-corrected chi connectivity index (χ0v) is 24.6. The summed E-state index contributed by atoms with van der Waals surface area (Å²) in [6.07, 6.45) is 0. The van der Waals surface area contributed by atoms with Crippen molar-refractivity contribution in [1.82, 2.24) is 13.8 Å². The molecule has 1 spiro atoms. The van der Waals surface area contributed by atoms with Crippen molar-refractivity contribution in [3.63, 3.8) is 0 Å². The molecule has 0 bridgehead atoms. The summed E-state index contributed by atoms with van der Waals surface area (Å²) in [5, 5.41) is 13.6. The number of aliphatic hydroxyl groups excluding tert-OH is 1. The van der Waals surface area contributed by atoms with Crippen molar-refractivity contribution in [2.75, 3.05) is 47.6 Å². The summed E-state index contributed by atoms with van der Waals surface area (Å²) in [4.78, 5) is 2.25. The lowest BCUT2D eigenvalue weighted by Crippen LogP contribution is -2.67. The minimum Gasteiger partial charge on any atom is -0.497 e. The highest BCUT2D eigenvalue weighted by Gasteiger charge is 2.56. The van der Waals surface area contributed by atoms with Crippen LogP contribution in [0.4, 0.5) is 0 Å². The molecule has 0 radical (unpaired) electrons. The van der Waals surface area contributed by atoms with E-state index in [2.05, 4.69) is 15.5 Å². The van der Waals surface area contributed by atoms with Crippen molar-refractivity contribution in [1.29, 1.82) is 0 Å². The van der Waals surface area contributed by atoms with E-state index >= 15 is 0 Å². The Kier molecular flexibility index (Phi) is 6.82. The molecule has 4 aromatic rings. The number of hydrogen-bond acceptors (Lipinski definition) is 8. The van der Waals surface area contributed by atoms with Crippen LogP contribution in [0.25, 0.3) is 10.9 Å². The molecule has 0 unspecified atom stereocenters. The molecule has 1 N–H and O–H groups in total. The van der Waals surface area contributed by atoms with Crippen molar-refractivity contribution >= 4 is 32.3 Å². The number of benzene rings is 2. The standard InChI is InChI=1S/C29H33N3O6S2/c1-30-24-13-20(36-2)7-8-23(24)27-28(30)25(15-33)31(14-19-10-21(37-3)12-22(11-19)38-4)16-29(27)17-32(18-29)40(34,35)26-6-5-9-39-26/h5-13,25,33H,14-18H2,1-4H3/t25-/m1/s1. The molecule has 212 valence electrons. The van der Waals surface area contributed by atoms with E-state index in [1.807, 2.05) is 37.4 Å². The van der Waals surface area contributed by atoms with E-state index in [1.54, 1.807) is 43.1 Å². The first-order valence-corrected chi connectivity index (χ1v) is 15.3. The van der Waals surface area contributed by atoms with Crippen LogP contribution in [0.3, 0.4) is 0 Å². The summed E-state index contributed by atoms with van der Waals surface area (Å²) < 4.78 is 47.5. The number of methoxy groups -OCH3 is 3. The van der Waals surface area contributed by atoms with E-state index in [9.17, 15) is 13.5 Å². The Morgan fingerprint density at radius 3 is 2.27 bits per heavy atom. The summed E-state index contributed by atoms with van der Waals surface area (Å²) in [6, 6.07) is 14.9. The Labute approximate surface area is 238 Å². The quantitative estimate of drug-likeness (QED) is 0.338. The Hall–Kier alpha value is -3.09. The number of thiophene rings is 1. The van der Waals surface area contributed by atoms with Crippen LogP contribution in [0.15, 0.2) is 58.1 Å². The first-order valence-electron chi connectivity index (χ1n) is 13.0. The second-order valence-electron chi connectivity index (χ2n) is 10.5. The van der Waals surface area contributed by atoms with Crippen LogP contribution >= 0.6 is 11.3 Å². The van der Waals surface area contributed by atoms with Gasteiger partial charge in [-0.05, 0) is 46.8 Å². The number of aryl methyl sites for hydroxylation is 1. The molecule has 0 saturated carbocycles. The molecule has 2 aliphatic heterocycles. The third-order valence-corrected chi connectivity index (χ3v) is 11.4. The molecule has 0 aliphatic carbocycles. The summed E-state index contributed by atoms with van der Waals surface area (Å²) in [5.74, 6) is 2.13. The second-order valence-corrected chi connectivity index (χ2v) is 13.6. The number of aromatic nitrogens is 1. The van der Waals surface area contributed by atoms with Gasteiger partial charge >= 0.3 is 0 Å². The molecule has 40 heavy (non-hydrogen) atoms. The lowest BCUT2D eigenvalue weighted by Gasteiger charge is -2.55. The minimum atomic E-state index is -3.58. The average Bonchev–Trinajstić information content (AvgIpc) is 3.59. The van der Waals surface area contributed by atoms with Gasteiger partial charge in [-0.25, -0.2) is 8.42 Å². The van der Waals surface area contributed by atoms with Gasteiger partial charge in [0.25, 0.3) is 10.0 Å². The number of ether oxygens (including phenoxy) is 3. The number of hydrogen-bond donors (Lipinski definition) is 1. The van der Waals surface area contributed by atoms with Crippen LogP contribution in [-0.2, 0) is 29.0 Å². The molecule has 2 aromatic heterocycles. The average molecular weight is 584 g/mol. The van der Waals surface area contributed by atoms with Crippen molar-refractivity contribution < 1.29 is 27.7 Å². The van der Waals surface area contributed by atoms with Gasteiger partial charge in [0.1, 0.15) is 21.5 Å². The molecule has 9 nitrogen and oxygen atoms in total. The monoisotopic (exact) mass is 583 g/mol. The first-order chi connectivity index (χ1) is 19.2. The molecule has 0 amide bonds. The highest BCUT2D eigenvalue weighted by Crippen LogP contribution is 2.51. The summed E-state index contributed by atoms with van der Waals surface area (Å²) >= 11 is 1.24. The fourth-order valence-electron chi connectivity index (χ4n) is 6.42. The van der Waals surface area contributed by atoms with Gasteiger partial charge in [0.15, 0.2) is 0 Å². The van der Waals surface area contributed by atoms with Crippen LogP contribution < -0.4 is 14.2 Å². The smallest absolute Gasteiger partial charge is 0.252 e. The largest absolute Gasteiger partial charge is 0.497 e. The van der Waals surface area contributed by atoms with Gasteiger partial charge in [-0.1, -0.05) is 6.07 Å². The van der Waals surface area contributed by atoms with Crippen molar-refractivity contribution in [3.8, 4) is 17.2 Å². The maximum Gasteiger partial charge on any atom is 0.252 e. The zero-order valence-electron chi connectivity index (χ0n) is 23.0. The molecule has 1 fully saturated rings. The van der Waals surface area contributed by atoms with Crippen LogP contribution in [-0.4, -0.2) is 74.9 Å². The van der Waals surface area contributed by atoms with Gasteiger partial charge in [-0.15, -0.1) is 11.3 Å². The lowest BCUT2D eigenvalue weighted by molar-refractivity contribution is 0.0241. The molecule has 1 saturated heterocycles. The van der Waals surface area contributed by atoms with Crippen LogP contribution in [0.1, 0.15) is 22.9 Å². The Bertz CT molecular complexity index is 1640. The number of nitrogens with zero attached hydrogens (tertiary/aromatic N) is 3. The Morgan fingerprint density at radius 1 is 0.975 bits per heavy atom. The van der Waals surface area contributed by atoms with E-state index in [-0.39, 0.29) is 12.6 Å². The predicted molar refractivity (Wildman–Crippen MR) is 154 cm³/mol. The van der Waals surface area contributed by atoms with Gasteiger partial charge in [-0.3, -0.25) is 4.90 Å². The molecular formula is C29H33N3O6S2. The summed E-state index contributed by atoms with van der Waals surface area (Å²) in [6.45, 7) is 1.76. The third-order valence-electron chi connectivity index (χ3n) is 8.26. The first kappa shape index (κ1) is 27.1. The number of rotatable bonds is 8. The zero-order chi connectivity index (χ0) is 28.2. The predicted octanol–water partition coefficient (Wildman–Crippen LogP) is 3.76. The molecule has 6 rings (SSSR count). The van der Waals surface area contributed by atoms with Crippen LogP contribution in [0.5, 0.6) is 17.2 Å². The highest BCUT2D eigenvalue weighted by atomic mass is 32.2. The molecule has 1 atom stereocenters. The fraction of sp³-hybridized carbons (Fsp3) is 0.379. The van der Waals surface area contributed by atoms with E-state index in [0.717, 1.165) is 33.5 Å². The van der Waals surface area contributed by atoms with Crippen LogP contribution in [0, 0.1) is 0 Å². The number of fused-ring (bicyclic) bond motifs is 4. The molecule has 2 aliphatic rings. The summed E-state index contributed by atoms with van der Waals surface area (Å²) in [5.41, 5.74) is 3.65. The number of sulfonamides is 1. The normalized spacial score (nSPS) is 19.0. The van der Waals surface area contributed by atoms with Crippen LogP contribution in [0.2, 0.25) is 0 Å². The maximum absolute atomic E-state index is 13.4. The fourth-order valence-corrected chi connectivity index (χ4v) is 9.17. The topological polar surface area (TPSA) is 93.5 Å². The molecule has 4 heterocycles. The summed E-state index contributed by atoms with van der Waals surface area (Å²) in [7, 11) is 3.31. The van der Waals surface area contributed by atoms with Gasteiger partial charge in [0, 0.05) is 61.9 Å². The van der Waals surface area contributed by atoms with Gasteiger partial charge in [-0.2, -0.15) is 4.31 Å². The van der Waals surface area contributed by atoms with Crippen molar-refractivity contribution in [2.45, 2.75) is 22.2 Å². The minimum absolute atomic E-state index is 0.0807. The van der Waals surface area contributed by atoms with Gasteiger partial charge < -0.3 is 23.9 Å². The molecule has 2 aromatic carbocycles. The van der Waals surface area contributed by atoms with E-state index in [1.165, 1.54) is 11.3 Å². The third kappa shape index (κ3) is 4.19.